The molecular weight excluding hydrogens is 380 g/mol. The summed E-state index contributed by atoms with van der Waals surface area (Å²) in [6.45, 7) is 6.73. The lowest BCUT2D eigenvalue weighted by Crippen LogP contribution is -3.14. The second-order valence-electron chi connectivity index (χ2n) is 6.66. The first-order chi connectivity index (χ1) is 13.9. The molecule has 1 aliphatic rings. The Labute approximate surface area is 167 Å². The fourth-order valence-electron chi connectivity index (χ4n) is 3.31. The number of nitro groups is 1. The fraction of sp³-hybridized carbons (Fsp3) is 0.368. The van der Waals surface area contributed by atoms with Crippen molar-refractivity contribution in [2.45, 2.75) is 6.92 Å². The molecule has 1 aromatic heterocycles. The van der Waals surface area contributed by atoms with Crippen molar-refractivity contribution in [2.75, 3.05) is 50.1 Å². The van der Waals surface area contributed by atoms with Gasteiger partial charge in [-0.3, -0.25) is 14.9 Å². The number of furan rings is 1. The molecule has 1 aliphatic heterocycles. The summed E-state index contributed by atoms with van der Waals surface area (Å²) in [5, 5.41) is 13.5. The number of benzene rings is 1. The summed E-state index contributed by atoms with van der Waals surface area (Å²) >= 11 is 0. The number of piperazine rings is 1. The van der Waals surface area contributed by atoms with Gasteiger partial charge in [-0.05, 0) is 31.2 Å². The third-order valence-electron chi connectivity index (χ3n) is 4.97. The molecule has 1 aromatic carbocycles. The number of anilines is 2. The van der Waals surface area contributed by atoms with E-state index in [-0.39, 0.29) is 11.3 Å². The Hall–Kier alpha value is -3.40. The molecule has 0 saturated carbocycles. The third kappa shape index (κ3) is 4.54. The van der Waals surface area contributed by atoms with Crippen molar-refractivity contribution < 1.29 is 28.6 Å². The maximum atomic E-state index is 12.6. The van der Waals surface area contributed by atoms with Crippen LogP contribution in [0.4, 0.5) is 17.3 Å². The first-order valence-electron chi connectivity index (χ1n) is 9.29. The van der Waals surface area contributed by atoms with Gasteiger partial charge in [0.25, 0.3) is 5.91 Å². The zero-order valence-electron chi connectivity index (χ0n) is 16.3. The van der Waals surface area contributed by atoms with Crippen LogP contribution in [-0.4, -0.2) is 56.6 Å². The summed E-state index contributed by atoms with van der Waals surface area (Å²) in [6.07, 6.45) is 0. The highest BCUT2D eigenvalue weighted by Gasteiger charge is 2.24. The van der Waals surface area contributed by atoms with Crippen molar-refractivity contribution >= 4 is 29.1 Å². The van der Waals surface area contributed by atoms with E-state index in [0.29, 0.717) is 5.69 Å². The predicted octanol–water partition coefficient (Wildman–Crippen LogP) is 0.952. The van der Waals surface area contributed by atoms with E-state index < -0.39 is 22.7 Å². The van der Waals surface area contributed by atoms with Gasteiger partial charge in [0.15, 0.2) is 5.76 Å². The lowest BCUT2D eigenvalue weighted by Gasteiger charge is -2.34. The Bertz CT molecular complexity index is 917. The van der Waals surface area contributed by atoms with Crippen LogP contribution in [0.1, 0.15) is 27.8 Å². The fourth-order valence-corrected chi connectivity index (χ4v) is 3.31. The maximum absolute atomic E-state index is 12.6. The van der Waals surface area contributed by atoms with Crippen molar-refractivity contribution in [1.82, 2.24) is 0 Å². The van der Waals surface area contributed by atoms with Crippen LogP contribution < -0.4 is 15.1 Å². The quantitative estimate of drug-likeness (QED) is 0.419. The highest BCUT2D eigenvalue weighted by atomic mass is 16.6. The summed E-state index contributed by atoms with van der Waals surface area (Å²) < 4.78 is 9.73. The van der Waals surface area contributed by atoms with Crippen LogP contribution in [0.25, 0.3) is 0 Å². The molecule has 0 unspecified atom stereocenters. The van der Waals surface area contributed by atoms with Gasteiger partial charge in [0.2, 0.25) is 0 Å². The molecule has 154 valence electrons. The molecule has 2 heterocycles. The first-order valence-corrected chi connectivity index (χ1v) is 9.29. The lowest BCUT2D eigenvalue weighted by atomic mass is 10.1. The van der Waals surface area contributed by atoms with Crippen LogP contribution in [0, 0.1) is 10.1 Å². The number of carbonyl (C=O) groups excluding carboxylic acids is 2. The molecule has 29 heavy (non-hydrogen) atoms. The van der Waals surface area contributed by atoms with E-state index in [2.05, 4.69) is 17.1 Å². The standard InChI is InChI=1S/C19H22N4O6/c1-3-21-8-10-22(11-9-21)15-5-4-13(19(25)28-2)12-14(15)20-18(24)16-6-7-17(29-16)23(26)27/h4-7,12H,3,8-11H2,1-2H3,(H,20,24)/p+1. The number of hydrogen-bond donors (Lipinski definition) is 2. The highest BCUT2D eigenvalue weighted by molar-refractivity contribution is 6.05. The number of methoxy groups -OCH3 is 1. The highest BCUT2D eigenvalue weighted by Crippen LogP contribution is 2.29. The van der Waals surface area contributed by atoms with Gasteiger partial charge >= 0.3 is 11.9 Å². The third-order valence-corrected chi connectivity index (χ3v) is 4.97. The van der Waals surface area contributed by atoms with Crippen LogP contribution >= 0.6 is 0 Å². The molecule has 2 N–H and O–H groups in total. The van der Waals surface area contributed by atoms with Gasteiger partial charge in [-0.2, -0.15) is 0 Å². The van der Waals surface area contributed by atoms with Crippen molar-refractivity contribution in [2.24, 2.45) is 0 Å². The van der Waals surface area contributed by atoms with Crippen LogP contribution in [0.2, 0.25) is 0 Å². The van der Waals surface area contributed by atoms with Crippen LogP contribution in [-0.2, 0) is 4.74 Å². The van der Waals surface area contributed by atoms with Crippen molar-refractivity contribution in [3.05, 3.63) is 51.8 Å². The number of nitrogens with zero attached hydrogens (tertiary/aromatic N) is 2. The summed E-state index contributed by atoms with van der Waals surface area (Å²) in [6, 6.07) is 7.31. The SMILES string of the molecule is CC[NH+]1CCN(c2ccc(C(=O)OC)cc2NC(=O)c2ccc([N+](=O)[O-])o2)CC1. The number of quaternary nitrogens is 1. The molecule has 0 aliphatic carbocycles. The second-order valence-corrected chi connectivity index (χ2v) is 6.66. The largest absolute Gasteiger partial charge is 0.465 e. The molecule has 1 fully saturated rings. The van der Waals surface area contributed by atoms with Crippen LogP contribution in [0.3, 0.4) is 0 Å². The first kappa shape index (κ1) is 20.3. The number of rotatable bonds is 6. The van der Waals surface area contributed by atoms with Crippen molar-refractivity contribution in [3.8, 4) is 0 Å². The van der Waals surface area contributed by atoms with E-state index in [1.165, 1.54) is 24.1 Å². The number of amides is 1. The van der Waals surface area contributed by atoms with Gasteiger partial charge in [0.05, 0.1) is 62.8 Å². The minimum absolute atomic E-state index is 0.189. The van der Waals surface area contributed by atoms with E-state index >= 15 is 0 Å². The van der Waals surface area contributed by atoms with Crippen molar-refractivity contribution in [3.63, 3.8) is 0 Å². The number of ether oxygens (including phenoxy) is 1. The molecule has 10 heteroatoms. The van der Waals surface area contributed by atoms with Gasteiger partial charge in [-0.1, -0.05) is 0 Å². The molecule has 1 saturated heterocycles. The summed E-state index contributed by atoms with van der Waals surface area (Å²) in [5.74, 6) is -1.87. The van der Waals surface area contributed by atoms with Gasteiger partial charge < -0.3 is 24.3 Å². The Kier molecular flexibility index (Phi) is 6.13. The smallest absolute Gasteiger partial charge is 0.433 e. The van der Waals surface area contributed by atoms with Crippen molar-refractivity contribution in [1.29, 1.82) is 0 Å². The summed E-state index contributed by atoms with van der Waals surface area (Å²) in [4.78, 5) is 38.2. The predicted molar refractivity (Wildman–Crippen MR) is 105 cm³/mol. The van der Waals surface area contributed by atoms with Gasteiger partial charge in [-0.25, -0.2) is 4.79 Å². The number of esters is 1. The minimum Gasteiger partial charge on any atom is -0.465 e. The zero-order chi connectivity index (χ0) is 21.0. The van der Waals surface area contributed by atoms with E-state index in [1.54, 1.807) is 12.1 Å². The average Bonchev–Trinajstić information content (AvgIpc) is 3.24. The number of carbonyl (C=O) groups is 2. The molecule has 0 bridgehead atoms. The maximum Gasteiger partial charge on any atom is 0.433 e. The van der Waals surface area contributed by atoms with E-state index in [4.69, 9.17) is 9.15 Å². The molecule has 3 rings (SSSR count). The summed E-state index contributed by atoms with van der Waals surface area (Å²) in [7, 11) is 1.28. The zero-order valence-corrected chi connectivity index (χ0v) is 16.3. The molecule has 1 amide bonds. The summed E-state index contributed by atoms with van der Waals surface area (Å²) in [5.41, 5.74) is 1.47. The molecular formula is C19H23N4O6+. The molecule has 0 spiro atoms. The molecule has 0 radical (unpaired) electrons. The lowest BCUT2D eigenvalue weighted by molar-refractivity contribution is -0.898. The normalized spacial score (nSPS) is 14.5. The molecule has 0 atom stereocenters. The van der Waals surface area contributed by atoms with Crippen LogP contribution in [0.5, 0.6) is 0 Å². The number of likely N-dealkylation sites (N-methyl/N-ethyl adjacent to an activating group) is 1. The Morgan fingerprint density at radius 2 is 2.00 bits per heavy atom. The Morgan fingerprint density at radius 1 is 1.28 bits per heavy atom. The van der Waals surface area contributed by atoms with E-state index in [0.717, 1.165) is 44.5 Å². The molecule has 2 aromatic rings. The van der Waals surface area contributed by atoms with Gasteiger partial charge in [0, 0.05) is 0 Å². The Balaban J connectivity index is 1.88. The number of hydrogen-bond acceptors (Lipinski definition) is 7. The minimum atomic E-state index is -0.713. The van der Waals surface area contributed by atoms with Gasteiger partial charge in [0.1, 0.15) is 4.92 Å². The molecule has 10 nitrogen and oxygen atoms in total. The van der Waals surface area contributed by atoms with Gasteiger partial charge in [-0.15, -0.1) is 0 Å². The number of nitrogens with one attached hydrogen (secondary N) is 2. The monoisotopic (exact) mass is 403 g/mol. The second kappa shape index (κ2) is 8.74. The van der Waals surface area contributed by atoms with E-state index in [9.17, 15) is 19.7 Å². The van der Waals surface area contributed by atoms with Crippen LogP contribution in [0.15, 0.2) is 34.7 Å². The average molecular weight is 403 g/mol. The van der Waals surface area contributed by atoms with E-state index in [1.807, 2.05) is 0 Å². The topological polar surface area (TPSA) is 119 Å². The Morgan fingerprint density at radius 3 is 2.59 bits per heavy atom.